The van der Waals surface area contributed by atoms with E-state index >= 15 is 0 Å². The third-order valence-corrected chi connectivity index (χ3v) is 6.08. The van der Waals surface area contributed by atoms with Crippen molar-refractivity contribution in [2.75, 3.05) is 18.3 Å². The number of terminal acetylenes is 1. The third-order valence-electron chi connectivity index (χ3n) is 4.17. The smallest absolute Gasteiger partial charge is 0.231 e. The quantitative estimate of drug-likeness (QED) is 0.543. The molecule has 0 fully saturated rings. The van der Waals surface area contributed by atoms with Gasteiger partial charge in [0, 0.05) is 23.1 Å². The highest BCUT2D eigenvalue weighted by atomic mass is 32.2. The second-order valence-corrected chi connectivity index (χ2v) is 8.89. The predicted molar refractivity (Wildman–Crippen MR) is 107 cm³/mol. The summed E-state index contributed by atoms with van der Waals surface area (Å²) in [6.07, 6.45) is 7.27. The molecule has 0 saturated carbocycles. The Kier molecular flexibility index (Phi) is 4.95. The fraction of sp³-hybridized carbons (Fsp3) is 0.235. The Bertz CT molecular complexity index is 1250. The first-order valence-corrected chi connectivity index (χ1v) is 10.9. The predicted octanol–water partition coefficient (Wildman–Crippen LogP) is 0.948. The lowest BCUT2D eigenvalue weighted by Crippen LogP contribution is -2.18. The Labute approximate surface area is 170 Å². The Morgan fingerprint density at radius 2 is 2.03 bits per heavy atom. The molecule has 4 N–H and O–H groups in total. The van der Waals surface area contributed by atoms with E-state index in [-0.39, 0.29) is 24.8 Å². The van der Waals surface area contributed by atoms with E-state index in [1.165, 1.54) is 18.1 Å². The number of anilines is 1. The van der Waals surface area contributed by atoms with Crippen LogP contribution in [0.1, 0.15) is 12.0 Å². The van der Waals surface area contributed by atoms with Crippen LogP contribution in [0.4, 0.5) is 5.82 Å². The molecule has 1 aliphatic rings. The van der Waals surface area contributed by atoms with Crippen LogP contribution < -0.4 is 20.3 Å². The number of fused-ring (bicyclic) bond motifs is 2. The van der Waals surface area contributed by atoms with Crippen molar-refractivity contribution >= 4 is 38.8 Å². The van der Waals surface area contributed by atoms with Crippen molar-refractivity contribution in [1.82, 2.24) is 19.5 Å². The number of rotatable bonds is 6. The SMILES string of the molecule is C#Cc1cc2c(cc1Sc1nc3c(N)ncnc3n1CCCS(N)(=O)=O)OCO2. The van der Waals surface area contributed by atoms with E-state index in [1.807, 2.05) is 0 Å². The Morgan fingerprint density at radius 3 is 2.76 bits per heavy atom. The Morgan fingerprint density at radius 1 is 1.28 bits per heavy atom. The van der Waals surface area contributed by atoms with Crippen LogP contribution >= 0.6 is 11.8 Å². The highest BCUT2D eigenvalue weighted by Crippen LogP contribution is 2.41. The number of aryl methyl sites for hydroxylation is 1. The second kappa shape index (κ2) is 7.43. The number of nitrogens with zero attached hydrogens (tertiary/aromatic N) is 4. The van der Waals surface area contributed by atoms with Gasteiger partial charge in [-0.2, -0.15) is 0 Å². The second-order valence-electron chi connectivity index (χ2n) is 6.15. The summed E-state index contributed by atoms with van der Waals surface area (Å²) in [7, 11) is -3.58. The molecule has 12 heteroatoms. The molecule has 0 amide bonds. The lowest BCUT2D eigenvalue weighted by molar-refractivity contribution is 0.174. The zero-order valence-electron chi connectivity index (χ0n) is 15.0. The molecule has 0 bridgehead atoms. The molecule has 29 heavy (non-hydrogen) atoms. The maximum Gasteiger partial charge on any atom is 0.231 e. The third kappa shape index (κ3) is 3.93. The zero-order valence-corrected chi connectivity index (χ0v) is 16.7. The minimum Gasteiger partial charge on any atom is -0.454 e. The fourth-order valence-corrected chi connectivity index (χ4v) is 4.40. The number of benzene rings is 1. The molecule has 2 aromatic heterocycles. The Balaban J connectivity index is 1.74. The van der Waals surface area contributed by atoms with Crippen LogP contribution in [0, 0.1) is 12.3 Å². The highest BCUT2D eigenvalue weighted by Gasteiger charge is 2.21. The molecule has 0 atom stereocenters. The summed E-state index contributed by atoms with van der Waals surface area (Å²) >= 11 is 1.29. The maximum atomic E-state index is 11.3. The maximum absolute atomic E-state index is 11.3. The van der Waals surface area contributed by atoms with Gasteiger partial charge in [0.05, 0.1) is 5.75 Å². The first-order chi connectivity index (χ1) is 13.9. The largest absolute Gasteiger partial charge is 0.454 e. The molecular weight excluding hydrogens is 416 g/mol. The summed E-state index contributed by atoms with van der Waals surface area (Å²) in [5.41, 5.74) is 7.47. The van der Waals surface area contributed by atoms with E-state index in [4.69, 9.17) is 26.8 Å². The van der Waals surface area contributed by atoms with Gasteiger partial charge < -0.3 is 19.8 Å². The molecular formula is C17H16N6O4S2. The normalized spacial score (nSPS) is 13.0. The number of nitrogen functional groups attached to an aromatic ring is 1. The van der Waals surface area contributed by atoms with Gasteiger partial charge in [-0.05, 0) is 12.5 Å². The lowest BCUT2D eigenvalue weighted by Gasteiger charge is -2.09. The van der Waals surface area contributed by atoms with E-state index in [0.717, 1.165) is 4.90 Å². The molecule has 150 valence electrons. The minimum atomic E-state index is -3.58. The minimum absolute atomic E-state index is 0.131. The van der Waals surface area contributed by atoms with Gasteiger partial charge in [-0.15, -0.1) is 6.42 Å². The molecule has 0 saturated heterocycles. The van der Waals surface area contributed by atoms with Crippen LogP contribution in [0.15, 0.2) is 28.5 Å². The van der Waals surface area contributed by atoms with Crippen molar-refractivity contribution in [3.63, 3.8) is 0 Å². The molecule has 10 nitrogen and oxygen atoms in total. The average molecular weight is 432 g/mol. The number of hydrogen-bond donors (Lipinski definition) is 2. The summed E-state index contributed by atoms with van der Waals surface area (Å²) in [4.78, 5) is 13.5. The summed E-state index contributed by atoms with van der Waals surface area (Å²) in [5.74, 6) is 3.86. The molecule has 0 unspecified atom stereocenters. The van der Waals surface area contributed by atoms with E-state index < -0.39 is 10.0 Å². The summed E-state index contributed by atoms with van der Waals surface area (Å²) in [6, 6.07) is 3.51. The van der Waals surface area contributed by atoms with Crippen molar-refractivity contribution in [2.24, 2.45) is 5.14 Å². The lowest BCUT2D eigenvalue weighted by atomic mass is 10.2. The highest BCUT2D eigenvalue weighted by molar-refractivity contribution is 7.99. The van der Waals surface area contributed by atoms with Crippen molar-refractivity contribution in [1.29, 1.82) is 0 Å². The monoisotopic (exact) mass is 432 g/mol. The summed E-state index contributed by atoms with van der Waals surface area (Å²) in [5, 5.41) is 5.65. The van der Waals surface area contributed by atoms with Gasteiger partial charge in [0.15, 0.2) is 33.6 Å². The van der Waals surface area contributed by atoms with Gasteiger partial charge in [-0.25, -0.2) is 28.5 Å². The number of aromatic nitrogens is 4. The summed E-state index contributed by atoms with van der Waals surface area (Å²) < 4.78 is 35.2. The van der Waals surface area contributed by atoms with Crippen molar-refractivity contribution in [3.05, 3.63) is 24.0 Å². The molecule has 1 aliphatic heterocycles. The molecule has 0 radical (unpaired) electrons. The van der Waals surface area contributed by atoms with Gasteiger partial charge in [0.1, 0.15) is 6.33 Å². The zero-order chi connectivity index (χ0) is 20.6. The number of imidazole rings is 1. The van der Waals surface area contributed by atoms with Gasteiger partial charge in [0.2, 0.25) is 16.8 Å². The molecule has 0 aliphatic carbocycles. The van der Waals surface area contributed by atoms with Crippen LogP contribution in [0.2, 0.25) is 0 Å². The van der Waals surface area contributed by atoms with Crippen LogP contribution in [0.5, 0.6) is 11.5 Å². The number of primary sulfonamides is 1. The first kappa shape index (κ1) is 19.3. The average Bonchev–Trinajstić information content (AvgIpc) is 3.25. The van der Waals surface area contributed by atoms with Crippen LogP contribution in [0.25, 0.3) is 11.2 Å². The van der Waals surface area contributed by atoms with Crippen molar-refractivity contribution in [2.45, 2.75) is 23.0 Å². The first-order valence-electron chi connectivity index (χ1n) is 8.41. The van der Waals surface area contributed by atoms with Gasteiger partial charge in [-0.1, -0.05) is 17.7 Å². The van der Waals surface area contributed by atoms with Crippen molar-refractivity contribution < 1.29 is 17.9 Å². The summed E-state index contributed by atoms with van der Waals surface area (Å²) in [6.45, 7) is 0.452. The van der Waals surface area contributed by atoms with Crippen LogP contribution in [0.3, 0.4) is 0 Å². The Hall–Kier alpha value is -3.01. The number of ether oxygens (including phenoxy) is 2. The molecule has 0 spiro atoms. The van der Waals surface area contributed by atoms with E-state index in [1.54, 1.807) is 16.7 Å². The topological polar surface area (TPSA) is 148 Å². The molecule has 3 heterocycles. The van der Waals surface area contributed by atoms with Crippen molar-refractivity contribution in [3.8, 4) is 23.8 Å². The van der Waals surface area contributed by atoms with Gasteiger partial charge in [0.25, 0.3) is 0 Å². The van der Waals surface area contributed by atoms with E-state index in [9.17, 15) is 8.42 Å². The molecule has 1 aromatic carbocycles. The van der Waals surface area contributed by atoms with E-state index in [0.29, 0.717) is 39.9 Å². The number of sulfonamides is 1. The van der Waals surface area contributed by atoms with Gasteiger partial charge in [-0.3, -0.25) is 0 Å². The van der Waals surface area contributed by atoms with Crippen LogP contribution in [-0.2, 0) is 16.6 Å². The van der Waals surface area contributed by atoms with Gasteiger partial charge >= 0.3 is 0 Å². The van der Waals surface area contributed by atoms with Crippen LogP contribution in [-0.4, -0.2) is 40.5 Å². The number of hydrogen-bond acceptors (Lipinski definition) is 9. The van der Waals surface area contributed by atoms with E-state index in [2.05, 4.69) is 20.9 Å². The standard InChI is InChI=1S/C17H16N6O4S2/c1-2-10-6-11-12(27-9-26-11)7-13(10)28-17-22-14-15(18)20-8-21-16(14)23(17)4-3-5-29(19,24)25/h1,6-8H,3-5,9H2,(H2,18,20,21)(H2,19,24,25). The molecule has 3 aromatic rings. The number of nitrogens with two attached hydrogens (primary N) is 2. The molecule has 4 rings (SSSR count). The fourth-order valence-electron chi connectivity index (χ4n) is 2.86.